The van der Waals surface area contributed by atoms with Gasteiger partial charge in [0.05, 0.1) is 11.4 Å². The number of nitrogens with zero attached hydrogens (tertiary/aromatic N) is 3. The maximum atomic E-state index is 4.95. The first-order valence-corrected chi connectivity index (χ1v) is 9.86. The molecular weight excluding hydrogens is 320 g/mol. The van der Waals surface area contributed by atoms with Crippen LogP contribution in [0.4, 0.5) is 0 Å². The lowest BCUT2D eigenvalue weighted by Crippen LogP contribution is -2.43. The van der Waals surface area contributed by atoms with Gasteiger partial charge in [-0.15, -0.1) is 0 Å². The van der Waals surface area contributed by atoms with E-state index in [-0.39, 0.29) is 0 Å². The lowest BCUT2D eigenvalue weighted by Gasteiger charge is -2.31. The van der Waals surface area contributed by atoms with Crippen molar-refractivity contribution in [2.24, 2.45) is 9.98 Å². The van der Waals surface area contributed by atoms with Crippen LogP contribution in [0, 0.1) is 13.8 Å². The van der Waals surface area contributed by atoms with Crippen molar-refractivity contribution >= 4 is 11.4 Å². The number of rotatable bonds is 3. The zero-order chi connectivity index (χ0) is 18.5. The predicted octanol–water partition coefficient (Wildman–Crippen LogP) is 3.87. The molecule has 1 atom stereocenters. The van der Waals surface area contributed by atoms with Gasteiger partial charge in [-0.05, 0) is 71.7 Å². The summed E-state index contributed by atoms with van der Waals surface area (Å²) < 4.78 is 0. The summed E-state index contributed by atoms with van der Waals surface area (Å²) in [6, 6.07) is 7.06. The summed E-state index contributed by atoms with van der Waals surface area (Å²) >= 11 is 0. The number of piperidine rings is 1. The van der Waals surface area contributed by atoms with Crippen LogP contribution in [0.3, 0.4) is 0 Å². The second-order valence-electron chi connectivity index (χ2n) is 7.72. The first kappa shape index (κ1) is 18.8. The van der Waals surface area contributed by atoms with Crippen molar-refractivity contribution in [3.63, 3.8) is 0 Å². The average Bonchev–Trinajstić information content (AvgIpc) is 2.66. The van der Waals surface area contributed by atoms with Crippen LogP contribution < -0.4 is 5.32 Å². The fraction of sp³-hybridized carbons (Fsp3) is 0.545. The summed E-state index contributed by atoms with van der Waals surface area (Å²) in [5.74, 6) is 1.02. The average molecular weight is 353 g/mol. The first-order valence-electron chi connectivity index (χ1n) is 9.86. The Hall–Kier alpha value is -1.94. The molecule has 2 aliphatic rings. The van der Waals surface area contributed by atoms with Crippen molar-refractivity contribution in [2.45, 2.75) is 52.5 Å². The Morgan fingerprint density at radius 2 is 2.00 bits per heavy atom. The molecule has 0 spiro atoms. The highest BCUT2D eigenvalue weighted by molar-refractivity contribution is 6.48. The van der Waals surface area contributed by atoms with Gasteiger partial charge < -0.3 is 10.2 Å². The largest absolute Gasteiger partial charge is 0.366 e. The fourth-order valence-electron chi connectivity index (χ4n) is 3.86. The number of benzene rings is 1. The molecule has 1 N–H and O–H groups in total. The van der Waals surface area contributed by atoms with Gasteiger partial charge in [-0.25, -0.2) is 4.99 Å². The van der Waals surface area contributed by atoms with E-state index < -0.39 is 0 Å². The number of allylic oxidation sites excluding steroid dienone is 1. The third-order valence-electron chi connectivity index (χ3n) is 5.21. The SMILES string of the molecule is CC1=N/C(NC2CCCN(C)C2)=C/CCCN=C1c1ccc(C)cc1C. The number of aryl methyl sites for hydroxylation is 2. The molecule has 140 valence electrons. The Kier molecular flexibility index (Phi) is 6.25. The molecule has 4 nitrogen and oxygen atoms in total. The van der Waals surface area contributed by atoms with Crippen molar-refractivity contribution in [3.8, 4) is 0 Å². The molecule has 0 aromatic heterocycles. The summed E-state index contributed by atoms with van der Waals surface area (Å²) in [5, 5.41) is 3.69. The number of nitrogens with one attached hydrogen (secondary N) is 1. The van der Waals surface area contributed by atoms with Gasteiger partial charge in [-0.1, -0.05) is 23.8 Å². The molecule has 0 aliphatic carbocycles. The van der Waals surface area contributed by atoms with Crippen LogP contribution in [0.25, 0.3) is 0 Å². The Balaban J connectivity index is 1.84. The van der Waals surface area contributed by atoms with Crippen LogP contribution in [-0.4, -0.2) is 49.0 Å². The molecule has 26 heavy (non-hydrogen) atoms. The minimum atomic E-state index is 0.485. The topological polar surface area (TPSA) is 40.0 Å². The molecule has 2 aliphatic heterocycles. The van der Waals surface area contributed by atoms with E-state index in [0.717, 1.165) is 43.2 Å². The summed E-state index contributed by atoms with van der Waals surface area (Å²) in [7, 11) is 2.20. The van der Waals surface area contributed by atoms with E-state index in [4.69, 9.17) is 9.98 Å². The molecule has 0 bridgehead atoms. The summed E-state index contributed by atoms with van der Waals surface area (Å²) in [4.78, 5) is 12.2. The third-order valence-corrected chi connectivity index (χ3v) is 5.21. The van der Waals surface area contributed by atoms with Crippen LogP contribution in [0.1, 0.15) is 49.3 Å². The standard InChI is InChI=1S/C22H32N4/c1-16-10-11-20(17(2)14-16)22-18(3)24-21(9-5-6-12-23-22)25-19-8-7-13-26(4)15-19/h9-11,14,19,25H,5-8,12-13,15H2,1-4H3/b21-9-,23-22?,24-18?. The minimum Gasteiger partial charge on any atom is -0.366 e. The Morgan fingerprint density at radius 3 is 2.77 bits per heavy atom. The van der Waals surface area contributed by atoms with Crippen molar-refractivity contribution in [1.29, 1.82) is 0 Å². The lowest BCUT2D eigenvalue weighted by molar-refractivity contribution is 0.234. The van der Waals surface area contributed by atoms with Gasteiger partial charge in [-0.3, -0.25) is 4.99 Å². The molecule has 1 aromatic carbocycles. The van der Waals surface area contributed by atoms with Gasteiger partial charge in [0.2, 0.25) is 0 Å². The maximum Gasteiger partial charge on any atom is 0.122 e. The minimum absolute atomic E-state index is 0.485. The van der Waals surface area contributed by atoms with Crippen molar-refractivity contribution < 1.29 is 0 Å². The lowest BCUT2D eigenvalue weighted by atomic mass is 9.99. The van der Waals surface area contributed by atoms with E-state index >= 15 is 0 Å². The normalized spacial score (nSPS) is 24.5. The van der Waals surface area contributed by atoms with E-state index in [1.54, 1.807) is 0 Å². The van der Waals surface area contributed by atoms with Crippen LogP contribution in [0.15, 0.2) is 40.1 Å². The molecule has 0 radical (unpaired) electrons. The zero-order valence-corrected chi connectivity index (χ0v) is 16.7. The van der Waals surface area contributed by atoms with Crippen molar-refractivity contribution in [3.05, 3.63) is 46.8 Å². The number of likely N-dealkylation sites (tertiary alicyclic amines) is 1. The van der Waals surface area contributed by atoms with E-state index in [0.29, 0.717) is 6.04 Å². The van der Waals surface area contributed by atoms with Gasteiger partial charge >= 0.3 is 0 Å². The molecule has 2 heterocycles. The van der Waals surface area contributed by atoms with Crippen molar-refractivity contribution in [2.75, 3.05) is 26.7 Å². The Labute approximate surface area is 158 Å². The highest BCUT2D eigenvalue weighted by Crippen LogP contribution is 2.16. The summed E-state index contributed by atoms with van der Waals surface area (Å²) in [6.45, 7) is 9.52. The van der Waals surface area contributed by atoms with Crippen LogP contribution >= 0.6 is 0 Å². The summed E-state index contributed by atoms with van der Waals surface area (Å²) in [5.41, 5.74) is 5.80. The van der Waals surface area contributed by atoms with Gasteiger partial charge in [0.1, 0.15) is 5.82 Å². The number of likely N-dealkylation sites (N-methyl/N-ethyl adjacent to an activating group) is 1. The number of hydrogen-bond donors (Lipinski definition) is 1. The molecule has 3 rings (SSSR count). The van der Waals surface area contributed by atoms with E-state index in [2.05, 4.69) is 62.3 Å². The van der Waals surface area contributed by atoms with Crippen LogP contribution in [0.2, 0.25) is 0 Å². The number of aliphatic imine (C=N–C) groups is 2. The van der Waals surface area contributed by atoms with Gasteiger partial charge in [0, 0.05) is 24.7 Å². The molecule has 4 heteroatoms. The third kappa shape index (κ3) is 4.82. The molecule has 1 aromatic rings. The smallest absolute Gasteiger partial charge is 0.122 e. The van der Waals surface area contributed by atoms with Crippen molar-refractivity contribution in [1.82, 2.24) is 10.2 Å². The molecule has 0 amide bonds. The zero-order valence-electron chi connectivity index (χ0n) is 16.7. The second-order valence-corrected chi connectivity index (χ2v) is 7.72. The van der Waals surface area contributed by atoms with Gasteiger partial charge in [0.25, 0.3) is 0 Å². The monoisotopic (exact) mass is 352 g/mol. The highest BCUT2D eigenvalue weighted by Gasteiger charge is 2.18. The highest BCUT2D eigenvalue weighted by atomic mass is 15.2. The maximum absolute atomic E-state index is 4.95. The number of hydrogen-bond acceptors (Lipinski definition) is 4. The Bertz CT molecular complexity index is 730. The van der Waals surface area contributed by atoms with Gasteiger partial charge in [0.15, 0.2) is 0 Å². The molecule has 1 unspecified atom stereocenters. The van der Waals surface area contributed by atoms with E-state index in [9.17, 15) is 0 Å². The summed E-state index contributed by atoms with van der Waals surface area (Å²) in [6.07, 6.45) is 6.80. The molecule has 1 fully saturated rings. The molecular formula is C22H32N4. The predicted molar refractivity (Wildman–Crippen MR) is 111 cm³/mol. The van der Waals surface area contributed by atoms with E-state index in [1.807, 2.05) is 0 Å². The fourth-order valence-corrected chi connectivity index (χ4v) is 3.86. The molecule has 0 saturated carbocycles. The van der Waals surface area contributed by atoms with Gasteiger partial charge in [-0.2, -0.15) is 0 Å². The quantitative estimate of drug-likeness (QED) is 0.897. The van der Waals surface area contributed by atoms with E-state index in [1.165, 1.54) is 36.1 Å². The Morgan fingerprint density at radius 1 is 1.15 bits per heavy atom. The molecule has 1 saturated heterocycles. The van der Waals surface area contributed by atoms with Crippen LogP contribution in [0.5, 0.6) is 0 Å². The van der Waals surface area contributed by atoms with Crippen LogP contribution in [-0.2, 0) is 0 Å². The second kappa shape index (κ2) is 8.63. The first-order chi connectivity index (χ1) is 12.5.